The quantitative estimate of drug-likeness (QED) is 0.839. The molecular weight excluding hydrogens is 374 g/mol. The van der Waals surface area contributed by atoms with Crippen molar-refractivity contribution in [1.82, 2.24) is 9.97 Å². The molecule has 0 aliphatic rings. The van der Waals surface area contributed by atoms with E-state index in [1.165, 1.54) is 12.4 Å². The largest absolute Gasteiger partial charge is 0.416 e. The van der Waals surface area contributed by atoms with E-state index in [1.807, 2.05) is 0 Å². The van der Waals surface area contributed by atoms with Crippen molar-refractivity contribution in [3.63, 3.8) is 0 Å². The summed E-state index contributed by atoms with van der Waals surface area (Å²) >= 11 is 7.00. The van der Waals surface area contributed by atoms with E-state index < -0.39 is 11.7 Å². The van der Waals surface area contributed by atoms with Crippen LogP contribution in [0.15, 0.2) is 34.4 Å². The Hall–Kier alpha value is -1.06. The lowest BCUT2D eigenvalue weighted by Gasteiger charge is -2.14. The smallest absolute Gasteiger partial charge is 0.390 e. The predicted molar refractivity (Wildman–Crippen MR) is 83.7 cm³/mol. The molecule has 126 valence electrons. The van der Waals surface area contributed by atoms with E-state index >= 15 is 0 Å². The molecule has 0 saturated carbocycles. The minimum absolute atomic E-state index is 0. The molecule has 0 aliphatic heterocycles. The zero-order chi connectivity index (χ0) is 16.3. The third-order valence-corrected chi connectivity index (χ3v) is 4.38. The normalized spacial score (nSPS) is 11.2. The van der Waals surface area contributed by atoms with Crippen LogP contribution in [0.25, 0.3) is 0 Å². The predicted octanol–water partition coefficient (Wildman–Crippen LogP) is 3.67. The molecule has 3 N–H and O–H groups in total. The molecule has 0 fully saturated rings. The number of hydrogen-bond donors (Lipinski definition) is 2. The number of nitrogens with two attached hydrogens (primary N) is 1. The highest BCUT2D eigenvalue weighted by atomic mass is 35.5. The Morgan fingerprint density at radius 2 is 1.87 bits per heavy atom. The van der Waals surface area contributed by atoms with Gasteiger partial charge in [0.15, 0.2) is 0 Å². The SMILES string of the molecule is Cl.NCc1cc(C(F)(F)F)cc(Cl)c1Sc1nccnc1CO. The summed E-state index contributed by atoms with van der Waals surface area (Å²) in [6, 6.07) is 1.81. The van der Waals surface area contributed by atoms with Crippen LogP contribution in [0.2, 0.25) is 5.02 Å². The Morgan fingerprint density at radius 1 is 1.22 bits per heavy atom. The Morgan fingerprint density at radius 3 is 2.43 bits per heavy atom. The highest BCUT2D eigenvalue weighted by Crippen LogP contribution is 2.40. The molecule has 0 spiro atoms. The standard InChI is InChI=1S/C13H11ClF3N3OS.ClH/c14-9-4-8(13(15,16)17)3-7(5-18)11(9)22-12-10(6-21)19-1-2-20-12;/h1-4,21H,5-6,18H2;1H. The minimum Gasteiger partial charge on any atom is -0.390 e. The Kier molecular flexibility index (Phi) is 7.09. The molecule has 1 heterocycles. The van der Waals surface area contributed by atoms with Gasteiger partial charge in [-0.05, 0) is 17.7 Å². The topological polar surface area (TPSA) is 72.0 Å². The number of nitrogens with zero attached hydrogens (tertiary/aromatic N) is 2. The van der Waals surface area contributed by atoms with E-state index in [0.29, 0.717) is 15.6 Å². The Balaban J connectivity index is 0.00000264. The molecule has 0 unspecified atom stereocenters. The van der Waals surface area contributed by atoms with Crippen molar-refractivity contribution in [1.29, 1.82) is 0 Å². The van der Waals surface area contributed by atoms with Gasteiger partial charge >= 0.3 is 6.18 Å². The summed E-state index contributed by atoms with van der Waals surface area (Å²) in [5.41, 5.74) is 5.23. The Bertz CT molecular complexity index is 686. The van der Waals surface area contributed by atoms with Gasteiger partial charge in [-0.25, -0.2) is 4.98 Å². The fourth-order valence-corrected chi connectivity index (χ4v) is 3.05. The van der Waals surface area contributed by atoms with Crippen LogP contribution in [-0.4, -0.2) is 15.1 Å². The second-order valence-electron chi connectivity index (χ2n) is 4.22. The van der Waals surface area contributed by atoms with Crippen LogP contribution in [0.5, 0.6) is 0 Å². The second-order valence-corrected chi connectivity index (χ2v) is 5.62. The lowest BCUT2D eigenvalue weighted by atomic mass is 10.1. The number of aromatic nitrogens is 2. The summed E-state index contributed by atoms with van der Waals surface area (Å²) in [4.78, 5) is 8.37. The van der Waals surface area contributed by atoms with E-state index in [2.05, 4.69) is 9.97 Å². The first-order valence-electron chi connectivity index (χ1n) is 6.05. The van der Waals surface area contributed by atoms with Gasteiger partial charge in [-0.2, -0.15) is 13.2 Å². The number of aliphatic hydroxyl groups is 1. The van der Waals surface area contributed by atoms with Crippen LogP contribution in [0.4, 0.5) is 13.2 Å². The third-order valence-electron chi connectivity index (χ3n) is 2.75. The molecule has 1 aromatic carbocycles. The molecule has 0 bridgehead atoms. The zero-order valence-corrected chi connectivity index (χ0v) is 13.9. The van der Waals surface area contributed by atoms with E-state index in [1.54, 1.807) is 0 Å². The number of aliphatic hydroxyl groups excluding tert-OH is 1. The van der Waals surface area contributed by atoms with Gasteiger partial charge in [0, 0.05) is 23.8 Å². The van der Waals surface area contributed by atoms with Gasteiger partial charge in [0.2, 0.25) is 0 Å². The molecule has 23 heavy (non-hydrogen) atoms. The van der Waals surface area contributed by atoms with Crippen molar-refractivity contribution in [2.75, 3.05) is 0 Å². The molecule has 0 atom stereocenters. The number of alkyl halides is 3. The maximum atomic E-state index is 12.8. The fourth-order valence-electron chi connectivity index (χ4n) is 1.72. The summed E-state index contributed by atoms with van der Waals surface area (Å²) in [5.74, 6) is 0. The maximum Gasteiger partial charge on any atom is 0.416 e. The lowest BCUT2D eigenvalue weighted by molar-refractivity contribution is -0.137. The number of halogens is 5. The number of hydrogen-bond acceptors (Lipinski definition) is 5. The Labute approximate surface area is 145 Å². The van der Waals surface area contributed by atoms with Crippen LogP contribution in [0.1, 0.15) is 16.8 Å². The van der Waals surface area contributed by atoms with Crippen LogP contribution in [0, 0.1) is 0 Å². The van der Waals surface area contributed by atoms with Gasteiger partial charge in [0.05, 0.1) is 22.9 Å². The van der Waals surface area contributed by atoms with Crippen LogP contribution in [0.3, 0.4) is 0 Å². The summed E-state index contributed by atoms with van der Waals surface area (Å²) in [6.45, 7) is -0.451. The number of rotatable bonds is 4. The molecule has 10 heteroatoms. The van der Waals surface area contributed by atoms with Gasteiger partial charge in [-0.3, -0.25) is 4.98 Å². The molecule has 0 saturated heterocycles. The summed E-state index contributed by atoms with van der Waals surface area (Å²) < 4.78 is 38.4. The molecule has 2 aromatic rings. The molecule has 0 aliphatic carbocycles. The molecule has 2 rings (SSSR count). The first-order valence-corrected chi connectivity index (χ1v) is 7.24. The minimum atomic E-state index is -4.50. The van der Waals surface area contributed by atoms with Gasteiger partial charge < -0.3 is 10.8 Å². The van der Waals surface area contributed by atoms with E-state index in [9.17, 15) is 18.3 Å². The average molecular weight is 386 g/mol. The van der Waals surface area contributed by atoms with E-state index in [4.69, 9.17) is 17.3 Å². The maximum absolute atomic E-state index is 12.8. The molecule has 1 aromatic heterocycles. The van der Waals surface area contributed by atoms with Crippen molar-refractivity contribution in [2.45, 2.75) is 29.2 Å². The van der Waals surface area contributed by atoms with Crippen molar-refractivity contribution in [3.8, 4) is 0 Å². The molecular formula is C13H12Cl2F3N3OS. The van der Waals surface area contributed by atoms with Crippen molar-refractivity contribution >= 4 is 35.8 Å². The third kappa shape index (κ3) is 4.71. The van der Waals surface area contributed by atoms with Crippen molar-refractivity contribution in [2.24, 2.45) is 5.73 Å². The summed E-state index contributed by atoms with van der Waals surface area (Å²) in [5, 5.41) is 9.51. The van der Waals surface area contributed by atoms with Crippen molar-refractivity contribution < 1.29 is 18.3 Å². The fraction of sp³-hybridized carbons (Fsp3) is 0.231. The van der Waals surface area contributed by atoms with E-state index in [0.717, 1.165) is 23.9 Å². The average Bonchev–Trinajstić information content (AvgIpc) is 2.48. The molecule has 4 nitrogen and oxygen atoms in total. The monoisotopic (exact) mass is 385 g/mol. The first-order chi connectivity index (χ1) is 10.4. The van der Waals surface area contributed by atoms with Crippen LogP contribution >= 0.6 is 35.8 Å². The lowest BCUT2D eigenvalue weighted by Crippen LogP contribution is -2.08. The second kappa shape index (κ2) is 8.16. The highest BCUT2D eigenvalue weighted by Gasteiger charge is 2.32. The zero-order valence-electron chi connectivity index (χ0n) is 11.5. The number of benzene rings is 1. The van der Waals surface area contributed by atoms with Crippen LogP contribution < -0.4 is 5.73 Å². The van der Waals surface area contributed by atoms with Gasteiger partial charge in [0.25, 0.3) is 0 Å². The van der Waals surface area contributed by atoms with Crippen LogP contribution in [-0.2, 0) is 19.3 Å². The van der Waals surface area contributed by atoms with Gasteiger partial charge in [0.1, 0.15) is 5.03 Å². The van der Waals surface area contributed by atoms with Gasteiger partial charge in [-0.1, -0.05) is 23.4 Å². The molecule has 0 radical (unpaired) electrons. The summed E-state index contributed by atoms with van der Waals surface area (Å²) in [7, 11) is 0. The first kappa shape index (κ1) is 20.0. The summed E-state index contributed by atoms with van der Waals surface area (Å²) in [6.07, 6.45) is -1.67. The van der Waals surface area contributed by atoms with Gasteiger partial charge in [-0.15, -0.1) is 12.4 Å². The molecule has 0 amide bonds. The highest BCUT2D eigenvalue weighted by molar-refractivity contribution is 7.99. The van der Waals surface area contributed by atoms with E-state index in [-0.39, 0.29) is 36.1 Å². The van der Waals surface area contributed by atoms with Crippen molar-refractivity contribution in [3.05, 3.63) is 46.4 Å².